The predicted octanol–water partition coefficient (Wildman–Crippen LogP) is 2.53. The van der Waals surface area contributed by atoms with E-state index in [2.05, 4.69) is 28.5 Å². The molecule has 164 valence electrons. The molecule has 0 aromatic heterocycles. The minimum atomic E-state index is 0.227. The summed E-state index contributed by atoms with van der Waals surface area (Å²) in [5.74, 6) is 0.823. The van der Waals surface area contributed by atoms with E-state index < -0.39 is 0 Å². The van der Waals surface area contributed by atoms with Gasteiger partial charge in [0.25, 0.3) is 0 Å². The molecule has 6 nitrogen and oxygen atoms in total. The molecule has 0 bridgehead atoms. The van der Waals surface area contributed by atoms with E-state index in [1.165, 1.54) is 25.9 Å². The summed E-state index contributed by atoms with van der Waals surface area (Å²) in [5, 5.41) is 20.2. The number of phenolic OH excluding ortho intramolecular Hbond substituents is 1. The molecule has 1 aromatic rings. The maximum atomic E-state index is 10.5. The van der Waals surface area contributed by atoms with E-state index in [-0.39, 0.29) is 12.4 Å². The van der Waals surface area contributed by atoms with Gasteiger partial charge in [0.15, 0.2) is 11.5 Å². The van der Waals surface area contributed by atoms with Crippen molar-refractivity contribution in [1.29, 1.82) is 0 Å². The molecule has 6 heteroatoms. The third-order valence-electron chi connectivity index (χ3n) is 6.55. The maximum Gasteiger partial charge on any atom is 0.162 e. The Labute approximate surface area is 176 Å². The second-order valence-corrected chi connectivity index (χ2v) is 8.70. The molecular weight excluding hydrogens is 366 g/mol. The van der Waals surface area contributed by atoms with Crippen molar-refractivity contribution in [3.63, 3.8) is 0 Å². The highest BCUT2D eigenvalue weighted by Gasteiger charge is 2.34. The molecule has 0 radical (unpaired) electrons. The average molecular weight is 406 g/mol. The van der Waals surface area contributed by atoms with Crippen molar-refractivity contribution in [2.75, 3.05) is 45.9 Å². The Morgan fingerprint density at radius 3 is 2.55 bits per heavy atom. The van der Waals surface area contributed by atoms with E-state index in [9.17, 15) is 10.2 Å². The summed E-state index contributed by atoms with van der Waals surface area (Å²) in [6.07, 6.45) is 3.25. The predicted molar refractivity (Wildman–Crippen MR) is 116 cm³/mol. The molecule has 0 saturated carbocycles. The van der Waals surface area contributed by atoms with Gasteiger partial charge in [-0.3, -0.25) is 9.80 Å². The van der Waals surface area contributed by atoms with Crippen LogP contribution in [-0.4, -0.2) is 89.0 Å². The van der Waals surface area contributed by atoms with Crippen LogP contribution in [0, 0.1) is 0 Å². The Morgan fingerprint density at radius 2 is 1.90 bits per heavy atom. The molecule has 2 fully saturated rings. The second-order valence-electron chi connectivity index (χ2n) is 8.70. The molecule has 1 aromatic carbocycles. The Hall–Kier alpha value is -1.34. The van der Waals surface area contributed by atoms with Gasteiger partial charge >= 0.3 is 0 Å². The Balaban J connectivity index is 1.61. The third-order valence-corrected chi connectivity index (χ3v) is 6.55. The molecule has 2 aliphatic heterocycles. The molecular formula is C23H39N3O3. The van der Waals surface area contributed by atoms with Gasteiger partial charge < -0.3 is 19.8 Å². The first-order valence-corrected chi connectivity index (χ1v) is 11.3. The highest BCUT2D eigenvalue weighted by atomic mass is 16.5. The van der Waals surface area contributed by atoms with Crippen molar-refractivity contribution in [2.24, 2.45) is 0 Å². The molecule has 3 rings (SSSR count). The number of aliphatic hydroxyl groups is 1. The van der Waals surface area contributed by atoms with Crippen molar-refractivity contribution in [3.05, 3.63) is 23.8 Å². The van der Waals surface area contributed by atoms with Crippen LogP contribution >= 0.6 is 0 Å². The normalized spacial score (nSPS) is 23.0. The highest BCUT2D eigenvalue weighted by Crippen LogP contribution is 2.32. The first-order valence-electron chi connectivity index (χ1n) is 11.3. The summed E-state index contributed by atoms with van der Waals surface area (Å²) >= 11 is 0. The van der Waals surface area contributed by atoms with Crippen molar-refractivity contribution in [1.82, 2.24) is 14.7 Å². The number of nitrogens with zero attached hydrogens (tertiary/aromatic N) is 3. The number of para-hydroxylation sites is 1. The van der Waals surface area contributed by atoms with Crippen molar-refractivity contribution in [2.45, 2.75) is 64.7 Å². The lowest BCUT2D eigenvalue weighted by molar-refractivity contribution is -0.000215. The number of hydrogen-bond donors (Lipinski definition) is 2. The largest absolute Gasteiger partial charge is 0.504 e. The Kier molecular flexibility index (Phi) is 8.18. The first kappa shape index (κ1) is 22.3. The lowest BCUT2D eigenvalue weighted by atomic mass is 9.97. The number of likely N-dealkylation sites (tertiary alicyclic amines) is 1. The van der Waals surface area contributed by atoms with Crippen LogP contribution in [0.3, 0.4) is 0 Å². The zero-order chi connectivity index (χ0) is 20.8. The molecule has 0 aliphatic carbocycles. The smallest absolute Gasteiger partial charge is 0.162 e. The van der Waals surface area contributed by atoms with Gasteiger partial charge in [0.05, 0.1) is 6.61 Å². The van der Waals surface area contributed by atoms with Crippen LogP contribution in [0.5, 0.6) is 11.5 Å². The van der Waals surface area contributed by atoms with Crippen molar-refractivity contribution >= 4 is 0 Å². The summed E-state index contributed by atoms with van der Waals surface area (Å²) in [4.78, 5) is 7.63. The quantitative estimate of drug-likeness (QED) is 0.693. The number of piperidine rings is 1. The van der Waals surface area contributed by atoms with Crippen molar-refractivity contribution < 1.29 is 14.9 Å². The summed E-state index contributed by atoms with van der Waals surface area (Å²) in [5.41, 5.74) is 0.914. The van der Waals surface area contributed by atoms with E-state index in [1.807, 2.05) is 25.1 Å². The summed E-state index contributed by atoms with van der Waals surface area (Å²) < 4.78 is 5.53. The number of benzene rings is 1. The Morgan fingerprint density at radius 1 is 1.14 bits per heavy atom. The second kappa shape index (κ2) is 10.6. The number of piperazine rings is 1. The SMILES string of the molecule is CCOc1cccc(CN2CCN(C3CCN(C(C)C)CC3)[C@H](CCO)C2)c1O. The fourth-order valence-electron chi connectivity index (χ4n) is 4.91. The van der Waals surface area contributed by atoms with Gasteiger partial charge in [0.2, 0.25) is 0 Å². The third kappa shape index (κ3) is 5.63. The minimum Gasteiger partial charge on any atom is -0.504 e. The maximum absolute atomic E-state index is 10.5. The number of phenols is 1. The van der Waals surface area contributed by atoms with Crippen LogP contribution in [0.2, 0.25) is 0 Å². The molecule has 2 aliphatic rings. The van der Waals surface area contributed by atoms with Gasteiger partial charge in [0, 0.05) is 56.5 Å². The molecule has 0 unspecified atom stereocenters. The van der Waals surface area contributed by atoms with Crippen LogP contribution in [0.1, 0.15) is 45.6 Å². The minimum absolute atomic E-state index is 0.227. The fraction of sp³-hybridized carbons (Fsp3) is 0.739. The number of hydrogen-bond acceptors (Lipinski definition) is 6. The van der Waals surface area contributed by atoms with Gasteiger partial charge in [-0.05, 0) is 59.2 Å². The monoisotopic (exact) mass is 405 g/mol. The van der Waals surface area contributed by atoms with E-state index in [1.54, 1.807) is 0 Å². The number of aliphatic hydroxyl groups excluding tert-OH is 1. The number of rotatable bonds is 8. The van der Waals surface area contributed by atoms with E-state index in [0.717, 1.165) is 31.6 Å². The first-order chi connectivity index (χ1) is 14.0. The Bertz CT molecular complexity index is 632. The molecule has 29 heavy (non-hydrogen) atoms. The van der Waals surface area contributed by atoms with Gasteiger partial charge in [-0.15, -0.1) is 0 Å². The molecule has 2 saturated heterocycles. The van der Waals surface area contributed by atoms with Crippen LogP contribution < -0.4 is 4.74 Å². The summed E-state index contributed by atoms with van der Waals surface area (Å²) in [6, 6.07) is 7.37. The molecule has 2 heterocycles. The van der Waals surface area contributed by atoms with E-state index in [4.69, 9.17) is 4.74 Å². The summed E-state index contributed by atoms with van der Waals surface area (Å²) in [7, 11) is 0. The molecule has 0 spiro atoms. The molecule has 2 N–H and O–H groups in total. The lowest BCUT2D eigenvalue weighted by Crippen LogP contribution is -2.58. The highest BCUT2D eigenvalue weighted by molar-refractivity contribution is 5.45. The van der Waals surface area contributed by atoms with E-state index in [0.29, 0.717) is 37.0 Å². The fourth-order valence-corrected chi connectivity index (χ4v) is 4.91. The van der Waals surface area contributed by atoms with Crippen LogP contribution in [0.15, 0.2) is 18.2 Å². The standard InChI is InChI=1S/C23H39N3O3/c1-4-29-22-7-5-6-19(23(22)28)16-24-13-14-26(21(17-24)10-15-27)20-8-11-25(12-9-20)18(2)3/h5-7,18,20-21,27-28H,4,8-17H2,1-3H3/t21-/m1/s1. The summed E-state index contributed by atoms with van der Waals surface area (Å²) in [6.45, 7) is 13.3. The zero-order valence-electron chi connectivity index (χ0n) is 18.4. The molecule has 1 atom stereocenters. The van der Waals surface area contributed by atoms with Gasteiger partial charge in [0.1, 0.15) is 0 Å². The van der Waals surface area contributed by atoms with Crippen molar-refractivity contribution in [3.8, 4) is 11.5 Å². The number of aromatic hydroxyl groups is 1. The van der Waals surface area contributed by atoms with Gasteiger partial charge in [-0.1, -0.05) is 12.1 Å². The van der Waals surface area contributed by atoms with E-state index >= 15 is 0 Å². The van der Waals surface area contributed by atoms with Gasteiger partial charge in [-0.2, -0.15) is 0 Å². The van der Waals surface area contributed by atoms with Crippen LogP contribution in [0.4, 0.5) is 0 Å². The van der Waals surface area contributed by atoms with Crippen LogP contribution in [-0.2, 0) is 6.54 Å². The molecule has 0 amide bonds. The van der Waals surface area contributed by atoms with Crippen LogP contribution in [0.25, 0.3) is 0 Å². The topological polar surface area (TPSA) is 59.4 Å². The lowest BCUT2D eigenvalue weighted by Gasteiger charge is -2.48. The number of ether oxygens (including phenoxy) is 1. The average Bonchev–Trinajstić information content (AvgIpc) is 2.72. The van der Waals surface area contributed by atoms with Gasteiger partial charge in [-0.25, -0.2) is 0 Å². The zero-order valence-corrected chi connectivity index (χ0v) is 18.4.